The van der Waals surface area contributed by atoms with Gasteiger partial charge in [-0.05, 0) is 49.0 Å². The van der Waals surface area contributed by atoms with E-state index in [-0.39, 0.29) is 5.91 Å². The Bertz CT molecular complexity index is 1920. The number of aromatic amines is 2. The molecule has 0 spiro atoms. The number of benzene rings is 2. The number of fused-ring (bicyclic) bond motifs is 2. The van der Waals surface area contributed by atoms with Gasteiger partial charge in [0.05, 0.1) is 35.2 Å². The molecule has 0 bridgehead atoms. The molecule has 0 aliphatic heterocycles. The zero-order valence-corrected chi connectivity index (χ0v) is 22.6. The van der Waals surface area contributed by atoms with Gasteiger partial charge < -0.3 is 15.2 Å². The van der Waals surface area contributed by atoms with Crippen molar-refractivity contribution >= 4 is 46.1 Å². The van der Waals surface area contributed by atoms with Gasteiger partial charge in [-0.2, -0.15) is 5.10 Å². The van der Waals surface area contributed by atoms with E-state index < -0.39 is 0 Å². The van der Waals surface area contributed by atoms with Crippen LogP contribution < -0.4 is 10.2 Å². The Morgan fingerprint density at radius 3 is 2.78 bits per heavy atom. The first-order chi connectivity index (χ1) is 20.0. The van der Waals surface area contributed by atoms with E-state index in [1.165, 1.54) is 0 Å². The summed E-state index contributed by atoms with van der Waals surface area (Å²) in [5, 5.41) is 11.5. The minimum Gasteiger partial charge on any atom is -0.347 e. The number of nitrogens with one attached hydrogen (secondary N) is 3. The van der Waals surface area contributed by atoms with Gasteiger partial charge in [-0.25, -0.2) is 9.97 Å². The summed E-state index contributed by atoms with van der Waals surface area (Å²) in [5.41, 5.74) is 7.97. The lowest BCUT2D eigenvalue weighted by atomic mass is 10.0. The summed E-state index contributed by atoms with van der Waals surface area (Å²) in [6.07, 6.45) is 7.33. The first kappa shape index (κ1) is 25.6. The highest BCUT2D eigenvalue weighted by atomic mass is 16.1. The van der Waals surface area contributed by atoms with Gasteiger partial charge >= 0.3 is 0 Å². The van der Waals surface area contributed by atoms with Crippen LogP contribution in [0.5, 0.6) is 0 Å². The van der Waals surface area contributed by atoms with Gasteiger partial charge in [-0.1, -0.05) is 36.4 Å². The van der Waals surface area contributed by atoms with Crippen LogP contribution in [0.15, 0.2) is 96.1 Å². The summed E-state index contributed by atoms with van der Waals surface area (Å²) in [4.78, 5) is 35.5. The first-order valence-electron chi connectivity index (χ1n) is 13.0. The number of hydrogen-bond donors (Lipinski definition) is 3. The quantitative estimate of drug-likeness (QED) is 0.211. The van der Waals surface area contributed by atoms with Crippen LogP contribution in [0.1, 0.15) is 12.5 Å². The number of allylic oxidation sites excluding steroid dienone is 1. The van der Waals surface area contributed by atoms with Crippen LogP contribution in [0.2, 0.25) is 0 Å². The SMILES string of the molecule is C=N/C(C)=C\N(C)c1ccnc2nc(-c3n[nH]c4ccc(-c5cncc(NC(=O)Cc6ccccc6)c5)cc34)[nH]c12. The molecule has 3 N–H and O–H groups in total. The fraction of sp³-hybridized carbons (Fsp3) is 0.0968. The second kappa shape index (κ2) is 10.9. The summed E-state index contributed by atoms with van der Waals surface area (Å²) in [5.74, 6) is 0.497. The third-order valence-corrected chi connectivity index (χ3v) is 6.73. The van der Waals surface area contributed by atoms with Crippen molar-refractivity contribution in [2.24, 2.45) is 4.99 Å². The summed E-state index contributed by atoms with van der Waals surface area (Å²) in [6.45, 7) is 5.47. The largest absolute Gasteiger partial charge is 0.347 e. The number of aliphatic imine (C=N–C) groups is 1. The standard InChI is InChI=1S/C31H27N9O/c1-19(32-2)18-40(3)26-11-12-34-30-29(26)36-31(37-30)28-24-15-21(9-10-25(24)38-39-28)22-14-23(17-33-16-22)35-27(41)13-20-7-5-4-6-8-20/h4-12,14-18H,2,13H2,1,3H3,(H,35,41)(H,38,39)(H,34,36,37)/b19-18-. The molecule has 6 rings (SSSR count). The number of amides is 1. The highest BCUT2D eigenvalue weighted by molar-refractivity contribution is 5.97. The lowest BCUT2D eigenvalue weighted by Gasteiger charge is -2.15. The Morgan fingerprint density at radius 1 is 1.10 bits per heavy atom. The Balaban J connectivity index is 1.31. The van der Waals surface area contributed by atoms with Crippen molar-refractivity contribution in [3.8, 4) is 22.6 Å². The lowest BCUT2D eigenvalue weighted by Crippen LogP contribution is -2.14. The average molecular weight is 542 g/mol. The van der Waals surface area contributed by atoms with Crippen molar-refractivity contribution in [1.29, 1.82) is 0 Å². The van der Waals surface area contributed by atoms with Crippen LogP contribution in [0.3, 0.4) is 0 Å². The topological polar surface area (TPSA) is 128 Å². The minimum absolute atomic E-state index is 0.0994. The number of anilines is 2. The smallest absolute Gasteiger partial charge is 0.228 e. The average Bonchev–Trinajstić information content (AvgIpc) is 3.61. The number of aromatic nitrogens is 6. The second-order valence-electron chi connectivity index (χ2n) is 9.66. The van der Waals surface area contributed by atoms with Gasteiger partial charge in [-0.3, -0.25) is 19.9 Å². The summed E-state index contributed by atoms with van der Waals surface area (Å²) in [6, 6.07) is 19.5. The molecule has 0 aliphatic carbocycles. The van der Waals surface area contributed by atoms with E-state index in [0.29, 0.717) is 29.3 Å². The number of H-pyrrole nitrogens is 2. The molecule has 10 heteroatoms. The van der Waals surface area contributed by atoms with Crippen LogP contribution in [-0.2, 0) is 11.2 Å². The summed E-state index contributed by atoms with van der Waals surface area (Å²) < 4.78 is 0. The predicted octanol–water partition coefficient (Wildman–Crippen LogP) is 5.74. The van der Waals surface area contributed by atoms with Crippen LogP contribution in [0, 0.1) is 0 Å². The second-order valence-corrected chi connectivity index (χ2v) is 9.66. The van der Waals surface area contributed by atoms with Gasteiger partial charge in [0, 0.05) is 36.6 Å². The lowest BCUT2D eigenvalue weighted by molar-refractivity contribution is -0.115. The van der Waals surface area contributed by atoms with Gasteiger partial charge in [0.2, 0.25) is 5.91 Å². The predicted molar refractivity (Wildman–Crippen MR) is 163 cm³/mol. The van der Waals surface area contributed by atoms with E-state index in [9.17, 15) is 4.79 Å². The van der Waals surface area contributed by atoms with Gasteiger partial charge in [0.25, 0.3) is 0 Å². The molecule has 0 saturated carbocycles. The molecule has 202 valence electrons. The molecule has 0 atom stereocenters. The zero-order valence-electron chi connectivity index (χ0n) is 22.6. The molecular formula is C31H27N9O. The maximum atomic E-state index is 12.6. The molecule has 4 aromatic heterocycles. The van der Waals surface area contributed by atoms with Crippen molar-refractivity contribution < 1.29 is 4.79 Å². The monoisotopic (exact) mass is 541 g/mol. The summed E-state index contributed by atoms with van der Waals surface area (Å²) >= 11 is 0. The normalized spacial score (nSPS) is 11.6. The molecule has 0 fully saturated rings. The van der Waals surface area contributed by atoms with E-state index in [4.69, 9.17) is 4.98 Å². The number of carbonyl (C=O) groups is 1. The molecule has 0 saturated heterocycles. The van der Waals surface area contributed by atoms with Crippen LogP contribution in [0.25, 0.3) is 44.7 Å². The molecule has 0 radical (unpaired) electrons. The molecule has 0 aliphatic rings. The number of pyridine rings is 2. The molecule has 2 aromatic carbocycles. The highest BCUT2D eigenvalue weighted by Crippen LogP contribution is 2.32. The number of rotatable bonds is 8. The van der Waals surface area contributed by atoms with Crippen molar-refractivity contribution in [3.05, 3.63) is 96.7 Å². The van der Waals surface area contributed by atoms with Crippen molar-refractivity contribution in [2.45, 2.75) is 13.3 Å². The highest BCUT2D eigenvalue weighted by Gasteiger charge is 2.17. The molecule has 6 aromatic rings. The van der Waals surface area contributed by atoms with Gasteiger partial charge in [0.1, 0.15) is 11.2 Å². The number of carbonyl (C=O) groups excluding carboxylic acids is 1. The van der Waals surface area contributed by atoms with Gasteiger partial charge in [0.15, 0.2) is 11.5 Å². The van der Waals surface area contributed by atoms with E-state index in [1.807, 2.05) is 85.7 Å². The minimum atomic E-state index is -0.0994. The van der Waals surface area contributed by atoms with E-state index in [1.54, 1.807) is 18.6 Å². The molecule has 4 heterocycles. The van der Waals surface area contributed by atoms with Crippen LogP contribution >= 0.6 is 0 Å². The number of imidazole rings is 1. The summed E-state index contributed by atoms with van der Waals surface area (Å²) in [7, 11) is 1.94. The third-order valence-electron chi connectivity index (χ3n) is 6.73. The maximum absolute atomic E-state index is 12.6. The third kappa shape index (κ3) is 5.30. The van der Waals surface area contributed by atoms with E-state index in [0.717, 1.165) is 44.5 Å². The Labute approximate surface area is 235 Å². The Kier molecular flexibility index (Phi) is 6.78. The van der Waals surface area contributed by atoms with Crippen molar-refractivity contribution in [2.75, 3.05) is 17.3 Å². The molecule has 41 heavy (non-hydrogen) atoms. The van der Waals surface area contributed by atoms with Crippen molar-refractivity contribution in [3.63, 3.8) is 0 Å². The van der Waals surface area contributed by atoms with E-state index >= 15 is 0 Å². The molecule has 0 unspecified atom stereocenters. The van der Waals surface area contributed by atoms with E-state index in [2.05, 4.69) is 42.2 Å². The maximum Gasteiger partial charge on any atom is 0.228 e. The zero-order chi connectivity index (χ0) is 28.3. The van der Waals surface area contributed by atoms with Crippen molar-refractivity contribution in [1.82, 2.24) is 30.1 Å². The van der Waals surface area contributed by atoms with Crippen LogP contribution in [0.4, 0.5) is 11.4 Å². The van der Waals surface area contributed by atoms with Gasteiger partial charge in [-0.15, -0.1) is 0 Å². The van der Waals surface area contributed by atoms with Crippen LogP contribution in [-0.4, -0.2) is 49.8 Å². The molecule has 1 amide bonds. The Hall–Kier alpha value is -5.64. The molecular weight excluding hydrogens is 514 g/mol. The Morgan fingerprint density at radius 2 is 1.95 bits per heavy atom. The first-order valence-corrected chi connectivity index (χ1v) is 13.0. The number of hydrogen-bond acceptors (Lipinski definition) is 7. The number of nitrogens with zero attached hydrogens (tertiary/aromatic N) is 6. The molecule has 10 nitrogen and oxygen atoms in total. The fourth-order valence-corrected chi connectivity index (χ4v) is 4.72. The fourth-order valence-electron chi connectivity index (χ4n) is 4.72.